The van der Waals surface area contributed by atoms with Crippen LogP contribution in [-0.4, -0.2) is 42.0 Å². The standard InChI is InChI=1S/C15H21N3O2S/c1-10(19)17-12-5-6-18(9-12)8-11-3-4-13(15(16)21)14(7-11)20-2/h3-4,7,12H,5-6,8-9H2,1-2H3,(H2,16,21)(H,17,19). The van der Waals surface area contributed by atoms with Gasteiger partial charge in [-0.25, -0.2) is 0 Å². The van der Waals surface area contributed by atoms with Crippen molar-refractivity contribution in [1.82, 2.24) is 10.2 Å². The van der Waals surface area contributed by atoms with Crippen LogP contribution in [0.15, 0.2) is 18.2 Å². The Morgan fingerprint density at radius 2 is 2.33 bits per heavy atom. The van der Waals surface area contributed by atoms with E-state index >= 15 is 0 Å². The van der Waals surface area contributed by atoms with Crippen molar-refractivity contribution in [3.8, 4) is 5.75 Å². The molecule has 0 aromatic heterocycles. The van der Waals surface area contributed by atoms with Crippen LogP contribution in [-0.2, 0) is 11.3 Å². The summed E-state index contributed by atoms with van der Waals surface area (Å²) in [5.74, 6) is 0.738. The highest BCUT2D eigenvalue weighted by Crippen LogP contribution is 2.22. The van der Waals surface area contributed by atoms with Gasteiger partial charge >= 0.3 is 0 Å². The first kappa shape index (κ1) is 15.7. The Labute approximate surface area is 130 Å². The van der Waals surface area contributed by atoms with Crippen LogP contribution in [0, 0.1) is 0 Å². The predicted octanol–water partition coefficient (Wildman–Crippen LogP) is 1.04. The molecule has 0 saturated carbocycles. The average molecular weight is 307 g/mol. The van der Waals surface area contributed by atoms with E-state index in [2.05, 4.69) is 10.2 Å². The molecule has 1 aromatic rings. The van der Waals surface area contributed by atoms with Crippen molar-refractivity contribution in [2.75, 3.05) is 20.2 Å². The molecule has 1 amide bonds. The molecule has 114 valence electrons. The van der Waals surface area contributed by atoms with E-state index in [4.69, 9.17) is 22.7 Å². The Balaban J connectivity index is 2.01. The lowest BCUT2D eigenvalue weighted by molar-refractivity contribution is -0.119. The number of hydrogen-bond acceptors (Lipinski definition) is 4. The summed E-state index contributed by atoms with van der Waals surface area (Å²) in [6, 6.07) is 6.14. The third kappa shape index (κ3) is 4.15. The second kappa shape index (κ2) is 6.87. The van der Waals surface area contributed by atoms with E-state index in [1.165, 1.54) is 0 Å². The highest BCUT2D eigenvalue weighted by molar-refractivity contribution is 7.80. The Bertz CT molecular complexity index is 548. The van der Waals surface area contributed by atoms with Gasteiger partial charge in [-0.05, 0) is 24.1 Å². The highest BCUT2D eigenvalue weighted by atomic mass is 32.1. The lowest BCUT2D eigenvalue weighted by Crippen LogP contribution is -2.35. The van der Waals surface area contributed by atoms with E-state index < -0.39 is 0 Å². The van der Waals surface area contributed by atoms with Crippen molar-refractivity contribution in [1.29, 1.82) is 0 Å². The van der Waals surface area contributed by atoms with E-state index in [1.54, 1.807) is 14.0 Å². The smallest absolute Gasteiger partial charge is 0.217 e. The molecule has 21 heavy (non-hydrogen) atoms. The summed E-state index contributed by atoms with van der Waals surface area (Å²) >= 11 is 5.01. The third-order valence-electron chi connectivity index (χ3n) is 3.62. The molecule has 6 heteroatoms. The number of nitrogens with zero attached hydrogens (tertiary/aromatic N) is 1. The predicted molar refractivity (Wildman–Crippen MR) is 86.4 cm³/mol. The van der Waals surface area contributed by atoms with Crippen LogP contribution >= 0.6 is 12.2 Å². The van der Waals surface area contributed by atoms with E-state index in [-0.39, 0.29) is 11.9 Å². The number of carbonyl (C=O) groups excluding carboxylic acids is 1. The molecule has 1 unspecified atom stereocenters. The van der Waals surface area contributed by atoms with Crippen LogP contribution in [0.1, 0.15) is 24.5 Å². The van der Waals surface area contributed by atoms with Crippen LogP contribution < -0.4 is 15.8 Å². The van der Waals surface area contributed by atoms with Gasteiger partial charge in [0, 0.05) is 32.6 Å². The van der Waals surface area contributed by atoms with E-state index in [0.29, 0.717) is 10.7 Å². The van der Waals surface area contributed by atoms with Gasteiger partial charge in [0.15, 0.2) is 0 Å². The summed E-state index contributed by atoms with van der Waals surface area (Å²) in [4.78, 5) is 13.7. The Hall–Kier alpha value is -1.66. The molecule has 1 aliphatic heterocycles. The van der Waals surface area contributed by atoms with Crippen LogP contribution in [0.4, 0.5) is 0 Å². The molecule has 1 heterocycles. The second-order valence-electron chi connectivity index (χ2n) is 5.32. The lowest BCUT2D eigenvalue weighted by Gasteiger charge is -2.17. The van der Waals surface area contributed by atoms with Crippen molar-refractivity contribution < 1.29 is 9.53 Å². The zero-order valence-corrected chi connectivity index (χ0v) is 13.2. The minimum absolute atomic E-state index is 0.0318. The largest absolute Gasteiger partial charge is 0.496 e. The van der Waals surface area contributed by atoms with Crippen LogP contribution in [0.25, 0.3) is 0 Å². The molecular formula is C15H21N3O2S. The topological polar surface area (TPSA) is 67.6 Å². The van der Waals surface area contributed by atoms with Gasteiger partial charge in [-0.2, -0.15) is 0 Å². The maximum Gasteiger partial charge on any atom is 0.217 e. The summed E-state index contributed by atoms with van der Waals surface area (Å²) in [6.07, 6.45) is 0.988. The maximum absolute atomic E-state index is 11.1. The molecule has 3 N–H and O–H groups in total. The lowest BCUT2D eigenvalue weighted by atomic mass is 10.1. The first-order valence-corrected chi connectivity index (χ1v) is 7.36. The average Bonchev–Trinajstić information content (AvgIpc) is 2.84. The number of nitrogens with one attached hydrogen (secondary N) is 1. The number of likely N-dealkylation sites (tertiary alicyclic amines) is 1. The van der Waals surface area contributed by atoms with Gasteiger partial charge in [-0.1, -0.05) is 18.3 Å². The fourth-order valence-electron chi connectivity index (χ4n) is 2.68. The van der Waals surface area contributed by atoms with Gasteiger partial charge < -0.3 is 15.8 Å². The Morgan fingerprint density at radius 3 is 2.95 bits per heavy atom. The summed E-state index contributed by atoms with van der Waals surface area (Å²) in [5.41, 5.74) is 7.58. The molecule has 0 radical (unpaired) electrons. The fourth-order valence-corrected chi connectivity index (χ4v) is 2.85. The zero-order chi connectivity index (χ0) is 15.4. The number of rotatable bonds is 5. The monoisotopic (exact) mass is 307 g/mol. The van der Waals surface area contributed by atoms with Gasteiger partial charge in [0.25, 0.3) is 0 Å². The number of methoxy groups -OCH3 is 1. The van der Waals surface area contributed by atoms with Crippen molar-refractivity contribution in [2.24, 2.45) is 5.73 Å². The van der Waals surface area contributed by atoms with Crippen LogP contribution in [0.3, 0.4) is 0 Å². The molecule has 1 fully saturated rings. The number of ether oxygens (including phenoxy) is 1. The SMILES string of the molecule is COc1cc(CN2CCC(NC(C)=O)C2)ccc1C(N)=S. The molecule has 5 nitrogen and oxygen atoms in total. The van der Waals surface area contributed by atoms with Gasteiger partial charge in [0.1, 0.15) is 10.7 Å². The molecular weight excluding hydrogens is 286 g/mol. The highest BCUT2D eigenvalue weighted by Gasteiger charge is 2.23. The van der Waals surface area contributed by atoms with Gasteiger partial charge in [0.2, 0.25) is 5.91 Å². The minimum atomic E-state index is 0.0318. The summed E-state index contributed by atoms with van der Waals surface area (Å²) in [6.45, 7) is 4.23. The van der Waals surface area contributed by atoms with Crippen LogP contribution in [0.5, 0.6) is 5.75 Å². The second-order valence-corrected chi connectivity index (χ2v) is 5.76. The zero-order valence-electron chi connectivity index (χ0n) is 12.4. The molecule has 0 aliphatic carbocycles. The van der Waals surface area contributed by atoms with Crippen molar-refractivity contribution >= 4 is 23.1 Å². The summed E-state index contributed by atoms with van der Waals surface area (Å²) in [5, 5.41) is 2.97. The normalized spacial score (nSPS) is 18.5. The minimum Gasteiger partial charge on any atom is -0.496 e. The third-order valence-corrected chi connectivity index (χ3v) is 3.84. The number of hydrogen-bond donors (Lipinski definition) is 2. The number of benzene rings is 1. The fraction of sp³-hybridized carbons (Fsp3) is 0.467. The molecule has 2 rings (SSSR count). The first-order chi connectivity index (χ1) is 9.99. The molecule has 1 aliphatic rings. The number of thiocarbonyl (C=S) groups is 1. The number of carbonyl (C=O) groups is 1. The van der Waals surface area contributed by atoms with E-state index in [0.717, 1.165) is 37.2 Å². The quantitative estimate of drug-likeness (QED) is 0.796. The molecule has 1 saturated heterocycles. The molecule has 1 aromatic carbocycles. The van der Waals surface area contributed by atoms with Crippen molar-refractivity contribution in [3.05, 3.63) is 29.3 Å². The Kier molecular flexibility index (Phi) is 5.14. The van der Waals surface area contributed by atoms with E-state index in [9.17, 15) is 4.79 Å². The number of amides is 1. The van der Waals surface area contributed by atoms with Crippen molar-refractivity contribution in [3.63, 3.8) is 0 Å². The Morgan fingerprint density at radius 1 is 1.57 bits per heavy atom. The van der Waals surface area contributed by atoms with Gasteiger partial charge in [0.05, 0.1) is 12.7 Å². The van der Waals surface area contributed by atoms with Gasteiger partial charge in [-0.3, -0.25) is 9.69 Å². The summed E-state index contributed by atoms with van der Waals surface area (Å²) in [7, 11) is 1.61. The molecule has 1 atom stereocenters. The van der Waals surface area contributed by atoms with Crippen LogP contribution in [0.2, 0.25) is 0 Å². The maximum atomic E-state index is 11.1. The van der Waals surface area contributed by atoms with Crippen molar-refractivity contribution in [2.45, 2.75) is 25.9 Å². The van der Waals surface area contributed by atoms with Gasteiger partial charge in [-0.15, -0.1) is 0 Å². The van der Waals surface area contributed by atoms with E-state index in [1.807, 2.05) is 18.2 Å². The first-order valence-electron chi connectivity index (χ1n) is 6.95. The molecule has 0 spiro atoms. The summed E-state index contributed by atoms with van der Waals surface area (Å²) < 4.78 is 5.34. The number of nitrogens with two attached hydrogens (primary N) is 1. The molecule has 0 bridgehead atoms.